The molecule has 2 heterocycles. The number of aromatic amines is 1. The van der Waals surface area contributed by atoms with Crippen LogP contribution < -0.4 is 0 Å². The second-order valence-corrected chi connectivity index (χ2v) is 5.84. The van der Waals surface area contributed by atoms with E-state index in [0.29, 0.717) is 11.2 Å². The molecule has 1 N–H and O–H groups in total. The summed E-state index contributed by atoms with van der Waals surface area (Å²) in [4.78, 5) is 11.4. The molecule has 17 heavy (non-hydrogen) atoms. The van der Waals surface area contributed by atoms with Gasteiger partial charge in [0.1, 0.15) is 10.5 Å². The summed E-state index contributed by atoms with van der Waals surface area (Å²) in [5.74, 6) is 0. The number of H-pyrrole nitrogens is 1. The summed E-state index contributed by atoms with van der Waals surface area (Å²) in [5, 5.41) is 0.141. The monoisotopic (exact) mass is 247 g/mol. The Kier molecular flexibility index (Phi) is 1.97. The number of benzene rings is 1. The molecule has 86 valence electrons. The molecule has 0 saturated heterocycles. The van der Waals surface area contributed by atoms with Crippen molar-refractivity contribution < 1.29 is 8.42 Å². The van der Waals surface area contributed by atoms with Crippen molar-refractivity contribution in [3.63, 3.8) is 0 Å². The lowest BCUT2D eigenvalue weighted by Crippen LogP contribution is -1.96. The Morgan fingerprint density at radius 2 is 1.71 bits per heavy atom. The van der Waals surface area contributed by atoms with E-state index in [1.165, 1.54) is 6.07 Å². The summed E-state index contributed by atoms with van der Waals surface area (Å²) in [6.07, 6.45) is 1.15. The molecule has 0 radical (unpaired) electrons. The highest BCUT2D eigenvalue weighted by atomic mass is 32.2. The number of sulfone groups is 1. The van der Waals surface area contributed by atoms with Gasteiger partial charge in [0.25, 0.3) is 0 Å². The van der Waals surface area contributed by atoms with Crippen molar-refractivity contribution in [1.82, 2.24) is 15.0 Å². The van der Waals surface area contributed by atoms with E-state index in [9.17, 15) is 8.42 Å². The molecule has 0 spiro atoms. The van der Waals surface area contributed by atoms with E-state index in [-0.39, 0.29) is 5.03 Å². The maximum atomic E-state index is 11.4. The molecule has 0 bridgehead atoms. The Balaban J connectivity index is 2.40. The summed E-state index contributed by atoms with van der Waals surface area (Å²) in [6, 6.07) is 8.91. The first kappa shape index (κ1) is 10.2. The van der Waals surface area contributed by atoms with E-state index in [4.69, 9.17) is 0 Å². The van der Waals surface area contributed by atoms with Gasteiger partial charge in [-0.1, -0.05) is 12.1 Å². The first-order valence-electron chi connectivity index (χ1n) is 4.99. The minimum Gasteiger partial charge on any atom is -0.329 e. The van der Waals surface area contributed by atoms with Gasteiger partial charge in [-0.25, -0.2) is 18.4 Å². The fourth-order valence-electron chi connectivity index (χ4n) is 1.68. The lowest BCUT2D eigenvalue weighted by molar-refractivity contribution is 0.599. The van der Waals surface area contributed by atoms with E-state index < -0.39 is 9.84 Å². The number of aromatic nitrogens is 3. The lowest BCUT2D eigenvalue weighted by Gasteiger charge is -1.94. The summed E-state index contributed by atoms with van der Waals surface area (Å²) in [6.45, 7) is 0. The van der Waals surface area contributed by atoms with Crippen LogP contribution in [0.15, 0.2) is 35.4 Å². The van der Waals surface area contributed by atoms with Crippen molar-refractivity contribution in [1.29, 1.82) is 0 Å². The molecular weight excluding hydrogens is 238 g/mol. The topological polar surface area (TPSA) is 75.7 Å². The molecular formula is C11H9N3O2S. The van der Waals surface area contributed by atoms with Gasteiger partial charge in [0.15, 0.2) is 15.5 Å². The van der Waals surface area contributed by atoms with Crippen LogP contribution in [0.4, 0.5) is 0 Å². The van der Waals surface area contributed by atoms with Crippen molar-refractivity contribution >= 4 is 32.0 Å². The molecule has 1 aromatic carbocycles. The van der Waals surface area contributed by atoms with Crippen molar-refractivity contribution in [3.05, 3.63) is 30.3 Å². The molecule has 0 saturated carbocycles. The van der Waals surface area contributed by atoms with Crippen LogP contribution >= 0.6 is 0 Å². The van der Waals surface area contributed by atoms with Gasteiger partial charge in [-0.3, -0.25) is 0 Å². The SMILES string of the molecule is CS(=O)(=O)c1cc2nc3ccccc3nc2[nH]1. The molecule has 0 aliphatic heterocycles. The van der Waals surface area contributed by atoms with Crippen LogP contribution in [-0.2, 0) is 9.84 Å². The van der Waals surface area contributed by atoms with Gasteiger partial charge in [0.05, 0.1) is 11.0 Å². The van der Waals surface area contributed by atoms with Crippen LogP contribution in [-0.4, -0.2) is 29.6 Å². The third kappa shape index (κ3) is 1.66. The van der Waals surface area contributed by atoms with E-state index in [1.54, 1.807) is 0 Å². The summed E-state index contributed by atoms with van der Waals surface area (Å²) >= 11 is 0. The van der Waals surface area contributed by atoms with Crippen molar-refractivity contribution in [3.8, 4) is 0 Å². The van der Waals surface area contributed by atoms with E-state index in [0.717, 1.165) is 17.3 Å². The number of rotatable bonds is 1. The van der Waals surface area contributed by atoms with Crippen LogP contribution in [0.5, 0.6) is 0 Å². The minimum atomic E-state index is -3.26. The van der Waals surface area contributed by atoms with Gasteiger partial charge in [-0.05, 0) is 12.1 Å². The maximum absolute atomic E-state index is 11.4. The van der Waals surface area contributed by atoms with Crippen molar-refractivity contribution in [2.75, 3.05) is 6.26 Å². The number of fused-ring (bicyclic) bond motifs is 2. The number of nitrogens with zero attached hydrogens (tertiary/aromatic N) is 2. The normalized spacial score (nSPS) is 12.3. The highest BCUT2D eigenvalue weighted by Gasteiger charge is 2.12. The molecule has 0 unspecified atom stereocenters. The van der Waals surface area contributed by atoms with Crippen LogP contribution in [0.25, 0.3) is 22.2 Å². The minimum absolute atomic E-state index is 0.141. The van der Waals surface area contributed by atoms with Crippen LogP contribution in [0, 0.1) is 0 Å². The van der Waals surface area contributed by atoms with Crippen LogP contribution in [0.2, 0.25) is 0 Å². The Morgan fingerprint density at radius 3 is 2.35 bits per heavy atom. The Bertz CT molecular complexity index is 768. The zero-order valence-corrected chi connectivity index (χ0v) is 9.82. The highest BCUT2D eigenvalue weighted by molar-refractivity contribution is 7.90. The molecule has 0 atom stereocenters. The molecule has 2 aromatic heterocycles. The third-order valence-electron chi connectivity index (χ3n) is 2.51. The second kappa shape index (κ2) is 3.27. The largest absolute Gasteiger partial charge is 0.329 e. The average Bonchev–Trinajstić information content (AvgIpc) is 2.68. The molecule has 5 nitrogen and oxygen atoms in total. The van der Waals surface area contributed by atoms with Gasteiger partial charge in [-0.2, -0.15) is 0 Å². The fourth-order valence-corrected chi connectivity index (χ4v) is 2.29. The van der Waals surface area contributed by atoms with Gasteiger partial charge in [0.2, 0.25) is 0 Å². The molecule has 3 aromatic rings. The van der Waals surface area contributed by atoms with Crippen molar-refractivity contribution in [2.45, 2.75) is 5.03 Å². The van der Waals surface area contributed by atoms with E-state index in [1.807, 2.05) is 24.3 Å². The second-order valence-electron chi connectivity index (χ2n) is 3.85. The predicted molar refractivity (Wildman–Crippen MR) is 64.5 cm³/mol. The van der Waals surface area contributed by atoms with E-state index >= 15 is 0 Å². The summed E-state index contributed by atoms with van der Waals surface area (Å²) in [7, 11) is -3.26. The van der Waals surface area contributed by atoms with Gasteiger partial charge in [0, 0.05) is 12.3 Å². The lowest BCUT2D eigenvalue weighted by atomic mass is 10.3. The smallest absolute Gasteiger partial charge is 0.190 e. The molecule has 6 heteroatoms. The van der Waals surface area contributed by atoms with Crippen LogP contribution in [0.3, 0.4) is 0 Å². The third-order valence-corrected chi connectivity index (χ3v) is 3.53. The fraction of sp³-hybridized carbons (Fsp3) is 0.0909. The highest BCUT2D eigenvalue weighted by Crippen LogP contribution is 2.18. The number of hydrogen-bond acceptors (Lipinski definition) is 4. The Hall–Kier alpha value is -1.95. The maximum Gasteiger partial charge on any atom is 0.190 e. The Morgan fingerprint density at radius 1 is 1.06 bits per heavy atom. The molecule has 3 rings (SSSR count). The van der Waals surface area contributed by atoms with Gasteiger partial charge in [-0.15, -0.1) is 0 Å². The Labute approximate surface area is 97.4 Å². The number of hydrogen-bond donors (Lipinski definition) is 1. The standard InChI is InChI=1S/C11H9N3O2S/c1-17(15,16)10-6-9-11(14-10)13-8-5-3-2-4-7(8)12-9/h2-6H,1H3,(H,13,14). The molecule has 0 fully saturated rings. The zero-order valence-electron chi connectivity index (χ0n) is 9.01. The first-order valence-corrected chi connectivity index (χ1v) is 6.89. The average molecular weight is 247 g/mol. The predicted octanol–water partition coefficient (Wildman–Crippen LogP) is 1.51. The summed E-state index contributed by atoms with van der Waals surface area (Å²) in [5.41, 5.74) is 2.54. The molecule has 0 aliphatic carbocycles. The van der Waals surface area contributed by atoms with Crippen LogP contribution in [0.1, 0.15) is 0 Å². The summed E-state index contributed by atoms with van der Waals surface area (Å²) < 4.78 is 22.8. The van der Waals surface area contributed by atoms with E-state index in [2.05, 4.69) is 15.0 Å². The van der Waals surface area contributed by atoms with Gasteiger partial charge >= 0.3 is 0 Å². The van der Waals surface area contributed by atoms with Crippen molar-refractivity contribution in [2.24, 2.45) is 0 Å². The number of para-hydroxylation sites is 2. The quantitative estimate of drug-likeness (QED) is 0.707. The van der Waals surface area contributed by atoms with Gasteiger partial charge < -0.3 is 4.98 Å². The molecule has 0 amide bonds. The molecule has 0 aliphatic rings. The zero-order chi connectivity index (χ0) is 12.0. The number of nitrogens with one attached hydrogen (secondary N) is 1. The first-order chi connectivity index (χ1) is 8.04.